The molecule has 1 saturated carbocycles. The second-order valence-electron chi connectivity index (χ2n) is 5.72. The van der Waals surface area contributed by atoms with Gasteiger partial charge in [0.15, 0.2) is 5.69 Å². The topological polar surface area (TPSA) is 46.4 Å². The van der Waals surface area contributed by atoms with Crippen LogP contribution in [0.3, 0.4) is 0 Å². The summed E-state index contributed by atoms with van der Waals surface area (Å²) in [6.45, 7) is 0.518. The lowest BCUT2D eigenvalue weighted by Gasteiger charge is -2.03. The first kappa shape index (κ1) is 13.1. The Balaban J connectivity index is 1.61. The van der Waals surface area contributed by atoms with Crippen molar-refractivity contribution in [1.82, 2.24) is 14.7 Å². The molecule has 1 amide bonds. The van der Waals surface area contributed by atoms with Gasteiger partial charge in [-0.05, 0) is 30.5 Å². The summed E-state index contributed by atoms with van der Waals surface area (Å²) in [7, 11) is 0. The number of benzene rings is 1. The second-order valence-corrected chi connectivity index (χ2v) is 5.72. The molecule has 2 heterocycles. The van der Waals surface area contributed by atoms with Crippen LogP contribution in [-0.4, -0.2) is 15.3 Å². The molecule has 0 aliphatic heterocycles. The molecule has 0 radical (unpaired) electrons. The number of hydrogen-bond donors (Lipinski definition) is 1. The van der Waals surface area contributed by atoms with Crippen LogP contribution in [0.2, 0.25) is 0 Å². The minimum atomic E-state index is -0.112. The van der Waals surface area contributed by atoms with E-state index in [-0.39, 0.29) is 5.91 Å². The molecular weight excluding hydrogens is 274 g/mol. The Morgan fingerprint density at radius 2 is 1.91 bits per heavy atom. The van der Waals surface area contributed by atoms with E-state index < -0.39 is 0 Å². The third kappa shape index (κ3) is 2.37. The molecule has 2 aromatic heterocycles. The first-order chi connectivity index (χ1) is 10.8. The monoisotopic (exact) mass is 291 g/mol. The van der Waals surface area contributed by atoms with Crippen LogP contribution in [0.25, 0.3) is 5.52 Å². The Labute approximate surface area is 128 Å². The maximum atomic E-state index is 12.5. The van der Waals surface area contributed by atoms with E-state index in [1.807, 2.05) is 54.7 Å². The van der Waals surface area contributed by atoms with Crippen molar-refractivity contribution in [2.24, 2.45) is 0 Å². The van der Waals surface area contributed by atoms with Crippen molar-refractivity contribution in [2.75, 3.05) is 0 Å². The zero-order valence-corrected chi connectivity index (χ0v) is 12.2. The van der Waals surface area contributed by atoms with Gasteiger partial charge in [-0.1, -0.05) is 36.4 Å². The lowest BCUT2D eigenvalue weighted by atomic mass is 10.2. The van der Waals surface area contributed by atoms with Gasteiger partial charge >= 0.3 is 0 Å². The maximum Gasteiger partial charge on any atom is 0.272 e. The molecule has 1 fully saturated rings. The van der Waals surface area contributed by atoms with E-state index in [1.54, 1.807) is 0 Å². The number of hydrogen-bond acceptors (Lipinski definition) is 2. The summed E-state index contributed by atoms with van der Waals surface area (Å²) in [4.78, 5) is 17.1. The molecule has 0 bridgehead atoms. The first-order valence-corrected chi connectivity index (χ1v) is 7.62. The van der Waals surface area contributed by atoms with Crippen LogP contribution < -0.4 is 5.32 Å². The number of rotatable bonds is 4. The van der Waals surface area contributed by atoms with Gasteiger partial charge in [0, 0.05) is 18.7 Å². The van der Waals surface area contributed by atoms with E-state index in [0.717, 1.165) is 16.9 Å². The van der Waals surface area contributed by atoms with Crippen LogP contribution in [0, 0.1) is 0 Å². The largest absolute Gasteiger partial charge is 0.347 e. The summed E-state index contributed by atoms with van der Waals surface area (Å²) in [6.07, 6.45) is 4.32. The van der Waals surface area contributed by atoms with Gasteiger partial charge in [0.05, 0.1) is 5.52 Å². The number of fused-ring (bicyclic) bond motifs is 1. The van der Waals surface area contributed by atoms with Crippen LogP contribution >= 0.6 is 0 Å². The van der Waals surface area contributed by atoms with Crippen molar-refractivity contribution in [3.05, 3.63) is 71.8 Å². The van der Waals surface area contributed by atoms with Crippen molar-refractivity contribution >= 4 is 11.4 Å². The van der Waals surface area contributed by atoms with Gasteiger partial charge < -0.3 is 9.72 Å². The van der Waals surface area contributed by atoms with E-state index in [0.29, 0.717) is 18.2 Å². The van der Waals surface area contributed by atoms with Crippen molar-refractivity contribution in [1.29, 1.82) is 0 Å². The number of aromatic nitrogens is 2. The normalized spacial score (nSPS) is 14.2. The summed E-state index contributed by atoms with van der Waals surface area (Å²) < 4.78 is 2.05. The Hall–Kier alpha value is -2.62. The molecule has 0 spiro atoms. The van der Waals surface area contributed by atoms with Crippen LogP contribution in [-0.2, 0) is 6.54 Å². The quantitative estimate of drug-likeness (QED) is 0.802. The van der Waals surface area contributed by atoms with Crippen LogP contribution in [0.1, 0.15) is 40.6 Å². The Kier molecular flexibility index (Phi) is 3.15. The van der Waals surface area contributed by atoms with Crippen LogP contribution in [0.4, 0.5) is 0 Å². The summed E-state index contributed by atoms with van der Waals surface area (Å²) in [5, 5.41) is 2.97. The summed E-state index contributed by atoms with van der Waals surface area (Å²) in [5.74, 6) is 1.41. The van der Waals surface area contributed by atoms with Crippen LogP contribution in [0.5, 0.6) is 0 Å². The Morgan fingerprint density at radius 3 is 2.68 bits per heavy atom. The summed E-state index contributed by atoms with van der Waals surface area (Å²) in [6, 6.07) is 15.8. The van der Waals surface area contributed by atoms with Gasteiger partial charge in [0.1, 0.15) is 5.82 Å². The average molecular weight is 291 g/mol. The molecule has 1 N–H and O–H groups in total. The van der Waals surface area contributed by atoms with Gasteiger partial charge in [-0.25, -0.2) is 4.98 Å². The number of imidazole rings is 1. The molecule has 4 nitrogen and oxygen atoms in total. The highest BCUT2D eigenvalue weighted by Crippen LogP contribution is 2.39. The SMILES string of the molecule is O=C(NCc1ccccc1)c1nc(C2CC2)n2ccccc12. The molecule has 4 heteroatoms. The molecule has 1 aromatic carbocycles. The predicted octanol–water partition coefficient (Wildman–Crippen LogP) is 3.14. The van der Waals surface area contributed by atoms with E-state index in [4.69, 9.17) is 0 Å². The van der Waals surface area contributed by atoms with Crippen molar-refractivity contribution in [2.45, 2.75) is 25.3 Å². The molecular formula is C18H17N3O. The molecule has 22 heavy (non-hydrogen) atoms. The minimum Gasteiger partial charge on any atom is -0.347 e. The lowest BCUT2D eigenvalue weighted by Crippen LogP contribution is -2.23. The molecule has 1 aliphatic rings. The predicted molar refractivity (Wildman–Crippen MR) is 84.8 cm³/mol. The third-order valence-corrected chi connectivity index (χ3v) is 4.03. The van der Waals surface area contributed by atoms with E-state index in [1.165, 1.54) is 12.8 Å². The highest BCUT2D eigenvalue weighted by atomic mass is 16.1. The fraction of sp³-hybridized carbons (Fsp3) is 0.222. The number of nitrogens with one attached hydrogen (secondary N) is 1. The van der Waals surface area contributed by atoms with Gasteiger partial charge in [0.25, 0.3) is 5.91 Å². The van der Waals surface area contributed by atoms with Gasteiger partial charge in [0.2, 0.25) is 0 Å². The third-order valence-electron chi connectivity index (χ3n) is 4.03. The fourth-order valence-electron chi connectivity index (χ4n) is 2.72. The number of carbonyl (C=O) groups excluding carboxylic acids is 1. The standard InChI is InChI=1S/C18H17N3O/c22-18(19-12-13-6-2-1-3-7-13)16-15-8-4-5-11-21(15)17(20-16)14-9-10-14/h1-8,11,14H,9-10,12H2,(H,19,22). The Bertz CT molecular complexity index is 819. The van der Waals surface area contributed by atoms with Crippen molar-refractivity contribution < 1.29 is 4.79 Å². The van der Waals surface area contributed by atoms with Gasteiger partial charge in [-0.2, -0.15) is 0 Å². The van der Waals surface area contributed by atoms with E-state index in [2.05, 4.69) is 14.7 Å². The minimum absolute atomic E-state index is 0.112. The summed E-state index contributed by atoms with van der Waals surface area (Å²) in [5.41, 5.74) is 2.50. The van der Waals surface area contributed by atoms with Crippen LogP contribution in [0.15, 0.2) is 54.7 Å². The number of amides is 1. The number of nitrogens with zero attached hydrogens (tertiary/aromatic N) is 2. The fourth-order valence-corrected chi connectivity index (χ4v) is 2.72. The molecule has 0 unspecified atom stereocenters. The van der Waals surface area contributed by atoms with Gasteiger partial charge in [-0.15, -0.1) is 0 Å². The van der Waals surface area contributed by atoms with E-state index >= 15 is 0 Å². The second kappa shape index (κ2) is 5.30. The smallest absolute Gasteiger partial charge is 0.272 e. The van der Waals surface area contributed by atoms with Gasteiger partial charge in [-0.3, -0.25) is 4.79 Å². The Morgan fingerprint density at radius 1 is 1.14 bits per heavy atom. The molecule has 4 rings (SSSR count). The highest BCUT2D eigenvalue weighted by Gasteiger charge is 2.30. The van der Waals surface area contributed by atoms with Crippen molar-refractivity contribution in [3.63, 3.8) is 0 Å². The lowest BCUT2D eigenvalue weighted by molar-refractivity contribution is 0.0948. The summed E-state index contributed by atoms with van der Waals surface area (Å²) >= 11 is 0. The average Bonchev–Trinajstić information content (AvgIpc) is 3.34. The van der Waals surface area contributed by atoms with E-state index in [9.17, 15) is 4.79 Å². The molecule has 0 saturated heterocycles. The number of pyridine rings is 1. The number of carbonyl (C=O) groups is 1. The van der Waals surface area contributed by atoms with Crippen molar-refractivity contribution in [3.8, 4) is 0 Å². The zero-order chi connectivity index (χ0) is 14.9. The molecule has 3 aromatic rings. The molecule has 1 aliphatic carbocycles. The molecule has 110 valence electrons. The zero-order valence-electron chi connectivity index (χ0n) is 12.2. The first-order valence-electron chi connectivity index (χ1n) is 7.62. The highest BCUT2D eigenvalue weighted by molar-refractivity contribution is 5.99. The maximum absolute atomic E-state index is 12.5. The molecule has 0 atom stereocenters.